The van der Waals surface area contributed by atoms with Gasteiger partial charge in [-0.2, -0.15) is 0 Å². The number of nitrogens with two attached hydrogens (primary N) is 1. The average Bonchev–Trinajstić information content (AvgIpc) is 2.16. The van der Waals surface area contributed by atoms with Gasteiger partial charge in [0.1, 0.15) is 5.82 Å². The third kappa shape index (κ3) is 4.24. The van der Waals surface area contributed by atoms with Crippen molar-refractivity contribution in [2.75, 3.05) is 18.6 Å². The van der Waals surface area contributed by atoms with Crippen LogP contribution in [0.25, 0.3) is 0 Å². The summed E-state index contributed by atoms with van der Waals surface area (Å²) in [4.78, 5) is 17.8. The van der Waals surface area contributed by atoms with Gasteiger partial charge in [0, 0.05) is 18.9 Å². The molecule has 0 radical (unpaired) electrons. The number of aromatic amines is 1. The fraction of sp³-hybridized carbons (Fsp3) is 0.600. The molecule has 1 aromatic rings. The molecular formula is C10H17N3O2S. The van der Waals surface area contributed by atoms with Gasteiger partial charge in [-0.1, -0.05) is 11.8 Å². The number of thioether (sulfide) groups is 1. The number of rotatable bonds is 5. The molecule has 0 saturated heterocycles. The summed E-state index contributed by atoms with van der Waals surface area (Å²) in [6.45, 7) is 4.03. The van der Waals surface area contributed by atoms with Crippen molar-refractivity contribution in [3.63, 3.8) is 0 Å². The maximum absolute atomic E-state index is 11.1. The Balaban J connectivity index is 2.52. The number of hydrogen-bond acceptors (Lipinski definition) is 5. The van der Waals surface area contributed by atoms with E-state index in [-0.39, 0.29) is 17.0 Å². The van der Waals surface area contributed by atoms with Gasteiger partial charge in [-0.05, 0) is 20.3 Å². The molecular weight excluding hydrogens is 226 g/mol. The summed E-state index contributed by atoms with van der Waals surface area (Å²) >= 11 is 1.46. The SMILES string of the molecule is COC(C)(C)CCSc1nc(N)cc(=O)[nH]1. The van der Waals surface area contributed by atoms with Gasteiger partial charge in [-0.15, -0.1) is 0 Å². The third-order valence-corrected chi connectivity index (χ3v) is 3.11. The van der Waals surface area contributed by atoms with E-state index in [2.05, 4.69) is 9.97 Å². The van der Waals surface area contributed by atoms with E-state index < -0.39 is 0 Å². The average molecular weight is 243 g/mol. The van der Waals surface area contributed by atoms with Crippen molar-refractivity contribution in [3.8, 4) is 0 Å². The molecule has 0 aliphatic heterocycles. The van der Waals surface area contributed by atoms with Gasteiger partial charge in [0.05, 0.1) is 5.60 Å². The highest BCUT2D eigenvalue weighted by Gasteiger charge is 2.15. The molecule has 0 saturated carbocycles. The number of hydrogen-bond donors (Lipinski definition) is 2. The summed E-state index contributed by atoms with van der Waals surface area (Å²) in [5, 5.41) is 0.553. The van der Waals surface area contributed by atoms with Crippen LogP contribution in [0.2, 0.25) is 0 Å². The van der Waals surface area contributed by atoms with E-state index in [9.17, 15) is 4.79 Å². The van der Waals surface area contributed by atoms with Crippen LogP contribution in [0.3, 0.4) is 0 Å². The van der Waals surface area contributed by atoms with E-state index in [4.69, 9.17) is 10.5 Å². The van der Waals surface area contributed by atoms with E-state index in [1.807, 2.05) is 13.8 Å². The minimum Gasteiger partial charge on any atom is -0.383 e. The molecule has 16 heavy (non-hydrogen) atoms. The fourth-order valence-corrected chi connectivity index (χ4v) is 2.15. The van der Waals surface area contributed by atoms with Crippen molar-refractivity contribution < 1.29 is 4.74 Å². The first-order valence-electron chi connectivity index (χ1n) is 4.98. The summed E-state index contributed by atoms with van der Waals surface area (Å²) in [6, 6.07) is 1.27. The number of H-pyrrole nitrogens is 1. The van der Waals surface area contributed by atoms with Crippen LogP contribution in [0.5, 0.6) is 0 Å². The van der Waals surface area contributed by atoms with Crippen molar-refractivity contribution in [2.45, 2.75) is 31.0 Å². The topological polar surface area (TPSA) is 81.0 Å². The van der Waals surface area contributed by atoms with Crippen LogP contribution in [0.15, 0.2) is 16.0 Å². The first kappa shape index (κ1) is 13.1. The van der Waals surface area contributed by atoms with E-state index in [1.54, 1.807) is 7.11 Å². The molecule has 0 aliphatic carbocycles. The number of anilines is 1. The maximum atomic E-state index is 11.1. The number of nitrogens with zero attached hydrogens (tertiary/aromatic N) is 1. The molecule has 1 heterocycles. The quantitative estimate of drug-likeness (QED) is 0.601. The molecule has 90 valence electrons. The maximum Gasteiger partial charge on any atom is 0.253 e. The molecule has 0 aliphatic rings. The molecule has 3 N–H and O–H groups in total. The second kappa shape index (κ2) is 5.36. The molecule has 6 heteroatoms. The Kier molecular flexibility index (Phi) is 4.37. The van der Waals surface area contributed by atoms with Crippen molar-refractivity contribution in [2.24, 2.45) is 0 Å². The Morgan fingerprint density at radius 1 is 1.62 bits per heavy atom. The molecule has 0 aromatic carbocycles. The Labute approximate surface area is 98.8 Å². The third-order valence-electron chi connectivity index (χ3n) is 2.24. The Bertz CT molecular complexity index is 403. The zero-order chi connectivity index (χ0) is 12.2. The second-order valence-corrected chi connectivity index (χ2v) is 5.12. The Hall–Kier alpha value is -1.01. The highest BCUT2D eigenvalue weighted by atomic mass is 32.2. The number of methoxy groups -OCH3 is 1. The summed E-state index contributed by atoms with van der Waals surface area (Å²) < 4.78 is 5.29. The highest BCUT2D eigenvalue weighted by Crippen LogP contribution is 2.20. The molecule has 0 atom stereocenters. The lowest BCUT2D eigenvalue weighted by atomic mass is 10.1. The van der Waals surface area contributed by atoms with E-state index in [0.717, 1.165) is 12.2 Å². The monoisotopic (exact) mass is 243 g/mol. The molecule has 0 unspecified atom stereocenters. The van der Waals surface area contributed by atoms with Crippen LogP contribution in [0.4, 0.5) is 5.82 Å². The van der Waals surface area contributed by atoms with Gasteiger partial charge in [0.25, 0.3) is 5.56 Å². The van der Waals surface area contributed by atoms with Gasteiger partial charge in [-0.25, -0.2) is 4.98 Å². The fourth-order valence-electron chi connectivity index (χ4n) is 1.02. The summed E-state index contributed by atoms with van der Waals surface area (Å²) in [5.74, 6) is 1.06. The van der Waals surface area contributed by atoms with Crippen LogP contribution < -0.4 is 11.3 Å². The minimum absolute atomic E-state index is 0.159. The molecule has 5 nitrogen and oxygen atoms in total. The highest BCUT2D eigenvalue weighted by molar-refractivity contribution is 7.99. The van der Waals surface area contributed by atoms with Crippen molar-refractivity contribution >= 4 is 17.6 Å². The van der Waals surface area contributed by atoms with E-state index >= 15 is 0 Å². The summed E-state index contributed by atoms with van der Waals surface area (Å²) in [7, 11) is 1.69. The summed E-state index contributed by atoms with van der Waals surface area (Å²) in [5.41, 5.74) is 5.09. The molecule has 0 spiro atoms. The van der Waals surface area contributed by atoms with E-state index in [0.29, 0.717) is 5.16 Å². The standard InChI is InChI=1S/C10H17N3O2S/c1-10(2,15-3)4-5-16-9-12-7(11)6-8(14)13-9/h6H,4-5H2,1-3H3,(H3,11,12,13,14). The number of nitrogens with one attached hydrogen (secondary N) is 1. The smallest absolute Gasteiger partial charge is 0.253 e. The van der Waals surface area contributed by atoms with E-state index in [1.165, 1.54) is 17.8 Å². The zero-order valence-electron chi connectivity index (χ0n) is 9.74. The molecule has 1 rings (SSSR count). The number of aromatic nitrogens is 2. The summed E-state index contributed by atoms with van der Waals surface area (Å²) in [6.07, 6.45) is 0.868. The van der Waals surface area contributed by atoms with Gasteiger partial charge in [-0.3, -0.25) is 4.79 Å². The first-order chi connectivity index (χ1) is 7.43. The Morgan fingerprint density at radius 3 is 2.88 bits per heavy atom. The lowest BCUT2D eigenvalue weighted by Crippen LogP contribution is -2.23. The van der Waals surface area contributed by atoms with Crippen LogP contribution in [0, 0.1) is 0 Å². The van der Waals surface area contributed by atoms with Crippen LogP contribution in [-0.4, -0.2) is 28.4 Å². The molecule has 1 aromatic heterocycles. The normalized spacial score (nSPS) is 11.7. The lowest BCUT2D eigenvalue weighted by molar-refractivity contribution is 0.0206. The van der Waals surface area contributed by atoms with Gasteiger partial charge in [0.2, 0.25) is 0 Å². The number of ether oxygens (including phenoxy) is 1. The van der Waals surface area contributed by atoms with Gasteiger partial charge in [0.15, 0.2) is 5.16 Å². The minimum atomic E-state index is -0.221. The molecule has 0 amide bonds. The van der Waals surface area contributed by atoms with Crippen molar-refractivity contribution in [3.05, 3.63) is 16.4 Å². The van der Waals surface area contributed by atoms with Crippen molar-refractivity contribution in [1.82, 2.24) is 9.97 Å². The lowest BCUT2D eigenvalue weighted by Gasteiger charge is -2.22. The predicted molar refractivity (Wildman–Crippen MR) is 65.7 cm³/mol. The van der Waals surface area contributed by atoms with Gasteiger partial charge >= 0.3 is 0 Å². The predicted octanol–water partition coefficient (Wildman–Crippen LogP) is 1.26. The second-order valence-electron chi connectivity index (χ2n) is 4.04. The molecule has 0 bridgehead atoms. The largest absolute Gasteiger partial charge is 0.383 e. The zero-order valence-corrected chi connectivity index (χ0v) is 10.6. The first-order valence-corrected chi connectivity index (χ1v) is 5.96. The van der Waals surface area contributed by atoms with Crippen LogP contribution in [-0.2, 0) is 4.74 Å². The molecule has 0 fully saturated rings. The van der Waals surface area contributed by atoms with Crippen LogP contribution >= 0.6 is 11.8 Å². The van der Waals surface area contributed by atoms with Crippen LogP contribution in [0.1, 0.15) is 20.3 Å². The number of nitrogen functional groups attached to an aromatic ring is 1. The van der Waals surface area contributed by atoms with Crippen molar-refractivity contribution in [1.29, 1.82) is 0 Å². The van der Waals surface area contributed by atoms with Gasteiger partial charge < -0.3 is 15.5 Å². The Morgan fingerprint density at radius 2 is 2.31 bits per heavy atom.